The molecular weight excluding hydrogens is 172 g/mol. The van der Waals surface area contributed by atoms with Gasteiger partial charge < -0.3 is 10.2 Å². The van der Waals surface area contributed by atoms with Crippen molar-refractivity contribution in [1.29, 1.82) is 0 Å². The highest BCUT2D eigenvalue weighted by Gasteiger charge is 2.35. The summed E-state index contributed by atoms with van der Waals surface area (Å²) in [5.41, 5.74) is 0. The molecule has 0 aromatic rings. The summed E-state index contributed by atoms with van der Waals surface area (Å²) in [6.45, 7) is 2.35. The molecule has 2 fully saturated rings. The van der Waals surface area contributed by atoms with E-state index in [0.29, 0.717) is 0 Å². The smallest absolute Gasteiger partial charge is 0.00989 e. The summed E-state index contributed by atoms with van der Waals surface area (Å²) in [5.74, 6) is 0.946. The number of hydrogen-bond acceptors (Lipinski definition) is 2. The van der Waals surface area contributed by atoms with E-state index in [4.69, 9.17) is 0 Å². The summed E-state index contributed by atoms with van der Waals surface area (Å²) in [4.78, 5) is 2.38. The lowest BCUT2D eigenvalue weighted by molar-refractivity contribution is 0.203. The summed E-state index contributed by atoms with van der Waals surface area (Å²) >= 11 is 0. The molecule has 2 aliphatic carbocycles. The largest absolute Gasteiger partial charge is 0.311 e. The van der Waals surface area contributed by atoms with Crippen LogP contribution in [0.15, 0.2) is 0 Å². The van der Waals surface area contributed by atoms with Gasteiger partial charge in [-0.25, -0.2) is 0 Å². The van der Waals surface area contributed by atoms with Crippen LogP contribution < -0.4 is 5.32 Å². The number of nitrogens with one attached hydrogen (secondary N) is 1. The van der Waals surface area contributed by atoms with Gasteiger partial charge in [-0.1, -0.05) is 6.92 Å². The van der Waals surface area contributed by atoms with Gasteiger partial charge in [-0.2, -0.15) is 0 Å². The first-order valence-corrected chi connectivity index (χ1v) is 6.09. The van der Waals surface area contributed by atoms with Crippen molar-refractivity contribution in [2.24, 2.45) is 5.92 Å². The topological polar surface area (TPSA) is 15.3 Å². The molecule has 0 amide bonds. The average molecular weight is 196 g/mol. The molecule has 0 aliphatic heterocycles. The highest BCUT2D eigenvalue weighted by Crippen LogP contribution is 2.31. The van der Waals surface area contributed by atoms with Crippen LogP contribution in [0.2, 0.25) is 0 Å². The van der Waals surface area contributed by atoms with E-state index in [1.807, 2.05) is 0 Å². The van der Waals surface area contributed by atoms with Crippen LogP contribution in [-0.4, -0.2) is 37.1 Å². The third-order valence-corrected chi connectivity index (χ3v) is 3.99. The summed E-state index contributed by atoms with van der Waals surface area (Å²) in [6.07, 6.45) is 6.93. The minimum absolute atomic E-state index is 0.821. The maximum atomic E-state index is 3.78. The highest BCUT2D eigenvalue weighted by atomic mass is 15.1. The molecule has 0 spiro atoms. The molecular formula is C12H24N2. The molecule has 2 rings (SSSR count). The molecule has 1 N–H and O–H groups in total. The maximum Gasteiger partial charge on any atom is 0.00989 e. The Hall–Kier alpha value is -0.0800. The standard InChI is InChI=1S/C12H24N2/c1-9-8-12(9)13-10-4-6-11(7-5-10)14(2)3/h9-13H,4-8H2,1-3H3/t9-,10?,11?,12-/m1/s1. The van der Waals surface area contributed by atoms with E-state index in [2.05, 4.69) is 31.2 Å². The molecule has 0 saturated heterocycles. The first-order chi connectivity index (χ1) is 6.66. The summed E-state index contributed by atoms with van der Waals surface area (Å²) in [7, 11) is 4.42. The van der Waals surface area contributed by atoms with E-state index in [0.717, 1.165) is 24.0 Å². The average Bonchev–Trinajstić information content (AvgIpc) is 2.82. The molecule has 0 unspecified atom stereocenters. The van der Waals surface area contributed by atoms with E-state index in [9.17, 15) is 0 Å². The van der Waals surface area contributed by atoms with Gasteiger partial charge in [0.2, 0.25) is 0 Å². The lowest BCUT2D eigenvalue weighted by Gasteiger charge is -2.33. The van der Waals surface area contributed by atoms with E-state index < -0.39 is 0 Å². The first-order valence-electron chi connectivity index (χ1n) is 6.09. The highest BCUT2D eigenvalue weighted by molar-refractivity contribution is 4.93. The van der Waals surface area contributed by atoms with Crippen molar-refractivity contribution in [2.45, 2.75) is 57.2 Å². The van der Waals surface area contributed by atoms with Crippen molar-refractivity contribution in [1.82, 2.24) is 10.2 Å². The monoisotopic (exact) mass is 196 g/mol. The van der Waals surface area contributed by atoms with Gasteiger partial charge in [0.25, 0.3) is 0 Å². The Labute approximate surface area is 88.1 Å². The Bertz CT molecular complexity index is 183. The lowest BCUT2D eigenvalue weighted by Crippen LogP contribution is -2.40. The van der Waals surface area contributed by atoms with E-state index in [-0.39, 0.29) is 0 Å². The van der Waals surface area contributed by atoms with E-state index in [1.165, 1.54) is 32.1 Å². The van der Waals surface area contributed by atoms with Crippen LogP contribution in [0.25, 0.3) is 0 Å². The van der Waals surface area contributed by atoms with Crippen LogP contribution in [0.5, 0.6) is 0 Å². The second kappa shape index (κ2) is 4.19. The molecule has 2 atom stereocenters. The molecule has 14 heavy (non-hydrogen) atoms. The molecule has 2 heteroatoms. The van der Waals surface area contributed by atoms with Gasteiger partial charge in [0, 0.05) is 18.1 Å². The molecule has 0 aromatic carbocycles. The minimum atomic E-state index is 0.821. The van der Waals surface area contributed by atoms with Crippen LogP contribution in [-0.2, 0) is 0 Å². The SMILES string of the molecule is C[C@@H]1C[C@H]1NC1CCC(N(C)C)CC1. The van der Waals surface area contributed by atoms with Crippen LogP contribution >= 0.6 is 0 Å². The quantitative estimate of drug-likeness (QED) is 0.741. The van der Waals surface area contributed by atoms with Crippen molar-refractivity contribution < 1.29 is 0 Å². The molecule has 82 valence electrons. The van der Waals surface area contributed by atoms with Crippen molar-refractivity contribution in [2.75, 3.05) is 14.1 Å². The van der Waals surface area contributed by atoms with Gasteiger partial charge in [-0.15, -0.1) is 0 Å². The fourth-order valence-electron chi connectivity index (χ4n) is 2.62. The van der Waals surface area contributed by atoms with Crippen LogP contribution in [0.1, 0.15) is 39.0 Å². The van der Waals surface area contributed by atoms with Gasteiger partial charge in [-0.05, 0) is 52.1 Å². The minimum Gasteiger partial charge on any atom is -0.311 e. The van der Waals surface area contributed by atoms with Crippen molar-refractivity contribution in [3.63, 3.8) is 0 Å². The van der Waals surface area contributed by atoms with Gasteiger partial charge in [0.15, 0.2) is 0 Å². The second-order valence-electron chi connectivity index (χ2n) is 5.46. The zero-order chi connectivity index (χ0) is 10.1. The van der Waals surface area contributed by atoms with Crippen LogP contribution in [0, 0.1) is 5.92 Å². The Morgan fingerprint density at radius 1 is 1.07 bits per heavy atom. The summed E-state index contributed by atoms with van der Waals surface area (Å²) in [6, 6.07) is 2.52. The first kappa shape index (κ1) is 10.4. The zero-order valence-electron chi connectivity index (χ0n) is 9.79. The number of rotatable bonds is 3. The third-order valence-electron chi connectivity index (χ3n) is 3.99. The Morgan fingerprint density at radius 2 is 1.64 bits per heavy atom. The predicted octanol–water partition coefficient (Wildman–Crippen LogP) is 1.86. The molecule has 0 bridgehead atoms. The molecule has 2 aliphatic rings. The fourth-order valence-corrected chi connectivity index (χ4v) is 2.62. The molecule has 2 saturated carbocycles. The fraction of sp³-hybridized carbons (Fsp3) is 1.00. The third kappa shape index (κ3) is 2.48. The van der Waals surface area contributed by atoms with Gasteiger partial charge in [0.05, 0.1) is 0 Å². The van der Waals surface area contributed by atoms with E-state index >= 15 is 0 Å². The molecule has 0 radical (unpaired) electrons. The van der Waals surface area contributed by atoms with Crippen LogP contribution in [0.4, 0.5) is 0 Å². The zero-order valence-corrected chi connectivity index (χ0v) is 9.79. The Morgan fingerprint density at radius 3 is 2.07 bits per heavy atom. The Kier molecular flexibility index (Phi) is 3.13. The number of hydrogen-bond donors (Lipinski definition) is 1. The normalized spacial score (nSPS) is 42.9. The Balaban J connectivity index is 1.68. The van der Waals surface area contributed by atoms with Gasteiger partial charge >= 0.3 is 0 Å². The number of nitrogens with zero attached hydrogens (tertiary/aromatic N) is 1. The van der Waals surface area contributed by atoms with Crippen LogP contribution in [0.3, 0.4) is 0 Å². The molecule has 0 heterocycles. The van der Waals surface area contributed by atoms with Crippen molar-refractivity contribution >= 4 is 0 Å². The predicted molar refractivity (Wildman–Crippen MR) is 60.4 cm³/mol. The maximum absolute atomic E-state index is 3.78. The molecule has 2 nitrogen and oxygen atoms in total. The molecule has 0 aromatic heterocycles. The van der Waals surface area contributed by atoms with Crippen molar-refractivity contribution in [3.8, 4) is 0 Å². The lowest BCUT2D eigenvalue weighted by atomic mass is 9.90. The second-order valence-corrected chi connectivity index (χ2v) is 5.46. The van der Waals surface area contributed by atoms with Gasteiger partial charge in [0.1, 0.15) is 0 Å². The van der Waals surface area contributed by atoms with Crippen molar-refractivity contribution in [3.05, 3.63) is 0 Å². The summed E-state index contributed by atoms with van der Waals surface area (Å²) in [5, 5.41) is 3.78. The van der Waals surface area contributed by atoms with Gasteiger partial charge in [-0.3, -0.25) is 0 Å². The van der Waals surface area contributed by atoms with E-state index in [1.54, 1.807) is 0 Å². The summed E-state index contributed by atoms with van der Waals surface area (Å²) < 4.78 is 0.